The number of likely N-dealkylation sites (tertiary alicyclic amines) is 1. The minimum Gasteiger partial charge on any atom is -0.454 e. The molecule has 1 amide bonds. The standard InChI is InChI=1S/C16H21NO3/c1-12-3-2-8-17(10-12)16(18)7-5-13-4-6-14-15(9-13)20-11-19-14/h4,6,9,12H,2-3,5,7-8,10-11H2,1H3/t12-/m0/s1. The van der Waals surface area contributed by atoms with Crippen molar-refractivity contribution >= 4 is 5.91 Å². The zero-order chi connectivity index (χ0) is 13.9. The van der Waals surface area contributed by atoms with Crippen molar-refractivity contribution in [2.24, 2.45) is 5.92 Å². The van der Waals surface area contributed by atoms with Gasteiger partial charge in [0.05, 0.1) is 0 Å². The Kier molecular flexibility index (Phi) is 3.81. The topological polar surface area (TPSA) is 38.8 Å². The lowest BCUT2D eigenvalue weighted by atomic mass is 9.99. The first-order valence-electron chi connectivity index (χ1n) is 7.38. The number of carbonyl (C=O) groups is 1. The number of carbonyl (C=O) groups excluding carboxylic acids is 1. The molecule has 1 saturated heterocycles. The van der Waals surface area contributed by atoms with Gasteiger partial charge in [0.25, 0.3) is 0 Å². The van der Waals surface area contributed by atoms with Crippen molar-refractivity contribution in [3.63, 3.8) is 0 Å². The highest BCUT2D eigenvalue weighted by atomic mass is 16.7. The highest BCUT2D eigenvalue weighted by Crippen LogP contribution is 2.32. The molecule has 0 bridgehead atoms. The summed E-state index contributed by atoms with van der Waals surface area (Å²) in [6.45, 7) is 4.35. The molecule has 0 spiro atoms. The lowest BCUT2D eigenvalue weighted by Gasteiger charge is -2.31. The zero-order valence-corrected chi connectivity index (χ0v) is 11.9. The van der Waals surface area contributed by atoms with Crippen LogP contribution in [0.4, 0.5) is 0 Å². The minimum atomic E-state index is 0.272. The van der Waals surface area contributed by atoms with Crippen LogP contribution in [-0.2, 0) is 11.2 Å². The highest BCUT2D eigenvalue weighted by molar-refractivity contribution is 5.76. The number of benzene rings is 1. The van der Waals surface area contributed by atoms with Crippen LogP contribution in [0.2, 0.25) is 0 Å². The molecule has 0 saturated carbocycles. The number of rotatable bonds is 3. The van der Waals surface area contributed by atoms with E-state index in [9.17, 15) is 4.79 Å². The molecule has 0 radical (unpaired) electrons. The third-order valence-electron chi connectivity index (χ3n) is 4.07. The Morgan fingerprint density at radius 3 is 3.05 bits per heavy atom. The van der Waals surface area contributed by atoms with Crippen LogP contribution in [0.3, 0.4) is 0 Å². The van der Waals surface area contributed by atoms with Gasteiger partial charge >= 0.3 is 0 Å². The van der Waals surface area contributed by atoms with Gasteiger partial charge in [-0.05, 0) is 42.9 Å². The number of amides is 1. The molecule has 1 fully saturated rings. The van der Waals surface area contributed by atoms with Gasteiger partial charge in [0.2, 0.25) is 12.7 Å². The van der Waals surface area contributed by atoms with Crippen LogP contribution in [0.1, 0.15) is 31.7 Å². The zero-order valence-electron chi connectivity index (χ0n) is 11.9. The minimum absolute atomic E-state index is 0.272. The van der Waals surface area contributed by atoms with Crippen molar-refractivity contribution in [3.05, 3.63) is 23.8 Å². The molecule has 108 valence electrons. The predicted octanol–water partition coefficient (Wildman–Crippen LogP) is 2.61. The molecule has 0 aromatic heterocycles. The van der Waals surface area contributed by atoms with E-state index in [0.29, 0.717) is 19.1 Å². The highest BCUT2D eigenvalue weighted by Gasteiger charge is 2.21. The summed E-state index contributed by atoms with van der Waals surface area (Å²) < 4.78 is 10.6. The number of piperidine rings is 1. The Balaban J connectivity index is 1.55. The van der Waals surface area contributed by atoms with Crippen LogP contribution >= 0.6 is 0 Å². The van der Waals surface area contributed by atoms with E-state index in [0.717, 1.165) is 43.0 Å². The van der Waals surface area contributed by atoms with Gasteiger partial charge in [0.1, 0.15) is 0 Å². The fourth-order valence-electron chi connectivity index (χ4n) is 2.92. The van der Waals surface area contributed by atoms with Crippen LogP contribution in [0.5, 0.6) is 11.5 Å². The molecular formula is C16H21NO3. The first-order chi connectivity index (χ1) is 9.72. The molecule has 20 heavy (non-hydrogen) atoms. The first-order valence-corrected chi connectivity index (χ1v) is 7.38. The summed E-state index contributed by atoms with van der Waals surface area (Å²) in [5.74, 6) is 2.50. The van der Waals surface area contributed by atoms with E-state index in [2.05, 4.69) is 6.92 Å². The fourth-order valence-corrected chi connectivity index (χ4v) is 2.92. The summed E-state index contributed by atoms with van der Waals surface area (Å²) in [6.07, 6.45) is 3.72. The lowest BCUT2D eigenvalue weighted by molar-refractivity contribution is -0.132. The maximum Gasteiger partial charge on any atom is 0.231 e. The van der Waals surface area contributed by atoms with Gasteiger partial charge < -0.3 is 14.4 Å². The number of hydrogen-bond acceptors (Lipinski definition) is 3. The van der Waals surface area contributed by atoms with E-state index in [1.54, 1.807) is 0 Å². The Morgan fingerprint density at radius 2 is 2.20 bits per heavy atom. The largest absolute Gasteiger partial charge is 0.454 e. The van der Waals surface area contributed by atoms with Gasteiger partial charge in [0.15, 0.2) is 11.5 Å². The van der Waals surface area contributed by atoms with Gasteiger partial charge in [0, 0.05) is 19.5 Å². The number of aryl methyl sites for hydroxylation is 1. The van der Waals surface area contributed by atoms with E-state index in [1.165, 1.54) is 6.42 Å². The Bertz CT molecular complexity index is 500. The summed E-state index contributed by atoms with van der Waals surface area (Å²) in [6, 6.07) is 5.92. The fraction of sp³-hybridized carbons (Fsp3) is 0.562. The molecule has 1 aromatic rings. The van der Waals surface area contributed by atoms with E-state index in [1.807, 2.05) is 23.1 Å². The van der Waals surface area contributed by atoms with E-state index in [-0.39, 0.29) is 5.91 Å². The maximum absolute atomic E-state index is 12.2. The Labute approximate surface area is 119 Å². The monoisotopic (exact) mass is 275 g/mol. The number of nitrogens with zero attached hydrogens (tertiary/aromatic N) is 1. The van der Waals surface area contributed by atoms with Crippen molar-refractivity contribution in [1.29, 1.82) is 0 Å². The van der Waals surface area contributed by atoms with Crippen molar-refractivity contribution in [2.75, 3.05) is 19.9 Å². The van der Waals surface area contributed by atoms with Crippen LogP contribution in [0.25, 0.3) is 0 Å². The smallest absolute Gasteiger partial charge is 0.231 e. The molecule has 1 aromatic carbocycles. The summed E-state index contributed by atoms with van der Waals surface area (Å²) in [4.78, 5) is 14.2. The number of fused-ring (bicyclic) bond motifs is 1. The summed E-state index contributed by atoms with van der Waals surface area (Å²) in [7, 11) is 0. The van der Waals surface area contributed by atoms with Gasteiger partial charge in [-0.1, -0.05) is 13.0 Å². The van der Waals surface area contributed by atoms with Gasteiger partial charge in [-0.25, -0.2) is 0 Å². The quantitative estimate of drug-likeness (QED) is 0.851. The molecule has 0 N–H and O–H groups in total. The summed E-state index contributed by atoms with van der Waals surface area (Å²) in [5.41, 5.74) is 1.13. The summed E-state index contributed by atoms with van der Waals surface area (Å²) >= 11 is 0. The second-order valence-corrected chi connectivity index (χ2v) is 5.77. The maximum atomic E-state index is 12.2. The second-order valence-electron chi connectivity index (χ2n) is 5.77. The van der Waals surface area contributed by atoms with Crippen LogP contribution in [0.15, 0.2) is 18.2 Å². The Morgan fingerprint density at radius 1 is 1.35 bits per heavy atom. The van der Waals surface area contributed by atoms with Crippen LogP contribution < -0.4 is 9.47 Å². The molecule has 2 heterocycles. The van der Waals surface area contributed by atoms with E-state index >= 15 is 0 Å². The molecule has 4 heteroatoms. The molecule has 0 unspecified atom stereocenters. The average molecular weight is 275 g/mol. The van der Waals surface area contributed by atoms with Gasteiger partial charge in [-0.3, -0.25) is 4.79 Å². The van der Waals surface area contributed by atoms with Crippen molar-refractivity contribution in [3.8, 4) is 11.5 Å². The molecule has 4 nitrogen and oxygen atoms in total. The van der Waals surface area contributed by atoms with E-state index < -0.39 is 0 Å². The SMILES string of the molecule is C[C@H]1CCCN(C(=O)CCc2ccc3c(c2)OCO3)C1. The number of hydrogen-bond donors (Lipinski definition) is 0. The molecule has 1 atom stereocenters. The predicted molar refractivity (Wildman–Crippen MR) is 75.9 cm³/mol. The van der Waals surface area contributed by atoms with Gasteiger partial charge in [-0.2, -0.15) is 0 Å². The van der Waals surface area contributed by atoms with Gasteiger partial charge in [-0.15, -0.1) is 0 Å². The molecule has 2 aliphatic heterocycles. The van der Waals surface area contributed by atoms with Crippen LogP contribution in [-0.4, -0.2) is 30.7 Å². The third-order valence-corrected chi connectivity index (χ3v) is 4.07. The molecule has 2 aliphatic rings. The van der Waals surface area contributed by atoms with Crippen molar-refractivity contribution in [2.45, 2.75) is 32.6 Å². The first kappa shape index (κ1) is 13.3. The van der Waals surface area contributed by atoms with Crippen molar-refractivity contribution < 1.29 is 14.3 Å². The van der Waals surface area contributed by atoms with Crippen LogP contribution in [0, 0.1) is 5.92 Å². The third kappa shape index (κ3) is 2.89. The molecule has 0 aliphatic carbocycles. The molecule has 3 rings (SSSR count). The van der Waals surface area contributed by atoms with E-state index in [4.69, 9.17) is 9.47 Å². The normalized spacial score (nSPS) is 21.1. The number of ether oxygens (including phenoxy) is 2. The summed E-state index contributed by atoms with van der Waals surface area (Å²) in [5, 5.41) is 0. The molecular weight excluding hydrogens is 254 g/mol. The lowest BCUT2D eigenvalue weighted by Crippen LogP contribution is -2.39. The average Bonchev–Trinajstić information content (AvgIpc) is 2.92. The van der Waals surface area contributed by atoms with Crippen molar-refractivity contribution in [1.82, 2.24) is 4.90 Å². The second kappa shape index (κ2) is 5.73. The Hall–Kier alpha value is -1.71.